The molecule has 0 saturated carbocycles. The number of hydrogen-bond donors (Lipinski definition) is 1. The van der Waals surface area contributed by atoms with Crippen LogP contribution in [-0.2, 0) is 14.8 Å². The Hall–Kier alpha value is -3.34. The third-order valence-electron chi connectivity index (χ3n) is 4.92. The number of amides is 1. The average Bonchev–Trinajstić information content (AvgIpc) is 2.74. The van der Waals surface area contributed by atoms with E-state index in [-0.39, 0.29) is 22.4 Å². The first-order chi connectivity index (χ1) is 14.7. The number of rotatable bonds is 6. The van der Waals surface area contributed by atoms with Gasteiger partial charge < -0.3 is 14.5 Å². The van der Waals surface area contributed by atoms with Gasteiger partial charge in [0.25, 0.3) is 15.7 Å². The molecule has 10 nitrogen and oxygen atoms in total. The normalized spacial score (nSPS) is 14.3. The Morgan fingerprint density at radius 3 is 2.35 bits per heavy atom. The van der Waals surface area contributed by atoms with Crippen molar-refractivity contribution in [2.75, 3.05) is 42.4 Å². The van der Waals surface area contributed by atoms with Crippen LogP contribution < -0.4 is 9.62 Å². The number of carbonyl (C=O) groups is 1. The number of nitrogens with one attached hydrogen (secondary N) is 1. The minimum atomic E-state index is -4.00. The number of carbonyl (C=O) groups excluding carboxylic acids is 1. The van der Waals surface area contributed by atoms with E-state index in [4.69, 9.17) is 4.74 Å². The van der Waals surface area contributed by atoms with Gasteiger partial charge in [-0.15, -0.1) is 0 Å². The van der Waals surface area contributed by atoms with Crippen molar-refractivity contribution >= 4 is 33.2 Å². The topological polar surface area (TPSA) is 122 Å². The molecular weight excluding hydrogens is 424 g/mol. The average molecular weight is 449 g/mol. The number of hydrogen-bond acceptors (Lipinski definition) is 7. The Morgan fingerprint density at radius 1 is 1.13 bits per heavy atom. The molecule has 1 heterocycles. The number of aryl methyl sites for hydroxylation is 1. The largest absolute Gasteiger partial charge is 0.450 e. The van der Waals surface area contributed by atoms with Crippen LogP contribution in [0.5, 0.6) is 0 Å². The van der Waals surface area contributed by atoms with E-state index in [0.29, 0.717) is 38.5 Å². The minimum Gasteiger partial charge on any atom is -0.450 e. The van der Waals surface area contributed by atoms with Gasteiger partial charge >= 0.3 is 6.09 Å². The standard InChI is InChI=1S/C20H24N4O6S/c1-3-30-20(25)23-12-10-22(11-13-23)16-6-9-19(24(26)27)18(14-16)21-31(28,29)17-7-4-15(2)5-8-17/h4-9,14,21H,3,10-13H2,1-2H3. The Morgan fingerprint density at radius 2 is 1.77 bits per heavy atom. The first kappa shape index (κ1) is 22.3. The van der Waals surface area contributed by atoms with Crippen molar-refractivity contribution in [3.63, 3.8) is 0 Å². The molecule has 11 heteroatoms. The number of nitrogens with zero attached hydrogens (tertiary/aromatic N) is 3. The number of anilines is 2. The zero-order valence-electron chi connectivity index (χ0n) is 17.3. The van der Waals surface area contributed by atoms with Gasteiger partial charge in [-0.3, -0.25) is 14.8 Å². The third kappa shape index (κ3) is 5.23. The van der Waals surface area contributed by atoms with Crippen LogP contribution in [0, 0.1) is 17.0 Å². The van der Waals surface area contributed by atoms with E-state index >= 15 is 0 Å². The number of ether oxygens (including phenoxy) is 1. The van der Waals surface area contributed by atoms with Crippen molar-refractivity contribution < 1.29 is 22.9 Å². The summed E-state index contributed by atoms with van der Waals surface area (Å²) in [6, 6.07) is 10.5. The maximum atomic E-state index is 12.7. The maximum absolute atomic E-state index is 12.7. The van der Waals surface area contributed by atoms with Crippen molar-refractivity contribution in [3.8, 4) is 0 Å². The molecule has 1 aliphatic heterocycles. The van der Waals surface area contributed by atoms with Crippen molar-refractivity contribution in [1.29, 1.82) is 0 Å². The van der Waals surface area contributed by atoms with Gasteiger partial charge in [0.15, 0.2) is 0 Å². The second-order valence-corrected chi connectivity index (χ2v) is 8.73. The van der Waals surface area contributed by atoms with Crippen LogP contribution in [0.3, 0.4) is 0 Å². The van der Waals surface area contributed by atoms with Gasteiger partial charge in [0.1, 0.15) is 5.69 Å². The number of benzene rings is 2. The van der Waals surface area contributed by atoms with Gasteiger partial charge in [-0.25, -0.2) is 13.2 Å². The molecule has 0 spiro atoms. The summed E-state index contributed by atoms with van der Waals surface area (Å²) in [7, 11) is -4.00. The monoisotopic (exact) mass is 448 g/mol. The highest BCUT2D eigenvalue weighted by atomic mass is 32.2. The van der Waals surface area contributed by atoms with E-state index in [1.807, 2.05) is 11.8 Å². The van der Waals surface area contributed by atoms with Crippen molar-refractivity contribution in [1.82, 2.24) is 4.90 Å². The van der Waals surface area contributed by atoms with Crippen LogP contribution >= 0.6 is 0 Å². The van der Waals surface area contributed by atoms with Crippen LogP contribution in [0.25, 0.3) is 0 Å². The lowest BCUT2D eigenvalue weighted by molar-refractivity contribution is -0.383. The van der Waals surface area contributed by atoms with Gasteiger partial charge in [0, 0.05) is 37.9 Å². The fraction of sp³-hybridized carbons (Fsp3) is 0.350. The summed E-state index contributed by atoms with van der Waals surface area (Å²) in [6.45, 7) is 5.71. The van der Waals surface area contributed by atoms with Gasteiger partial charge in [0.2, 0.25) is 0 Å². The van der Waals surface area contributed by atoms with E-state index in [2.05, 4.69) is 4.72 Å². The Balaban J connectivity index is 1.83. The molecule has 1 aliphatic rings. The molecule has 1 fully saturated rings. The number of nitro benzene ring substituents is 1. The van der Waals surface area contributed by atoms with Gasteiger partial charge in [-0.1, -0.05) is 17.7 Å². The maximum Gasteiger partial charge on any atom is 0.409 e. The highest BCUT2D eigenvalue weighted by Gasteiger charge is 2.25. The second kappa shape index (κ2) is 9.21. The van der Waals surface area contributed by atoms with E-state index < -0.39 is 14.9 Å². The molecule has 2 aromatic carbocycles. The second-order valence-electron chi connectivity index (χ2n) is 7.05. The van der Waals surface area contributed by atoms with Crippen LogP contribution in [-0.4, -0.2) is 57.1 Å². The highest BCUT2D eigenvalue weighted by Crippen LogP contribution is 2.32. The van der Waals surface area contributed by atoms with Gasteiger partial charge in [0.05, 0.1) is 16.4 Å². The summed E-state index contributed by atoms with van der Waals surface area (Å²) in [6.07, 6.45) is -0.377. The van der Waals surface area contributed by atoms with Gasteiger partial charge in [-0.2, -0.15) is 0 Å². The molecule has 0 aromatic heterocycles. The molecule has 166 valence electrons. The van der Waals surface area contributed by atoms with Crippen LogP contribution in [0.2, 0.25) is 0 Å². The van der Waals surface area contributed by atoms with Crippen LogP contribution in [0.1, 0.15) is 12.5 Å². The summed E-state index contributed by atoms with van der Waals surface area (Å²) in [5.41, 5.74) is 1.06. The van der Waals surface area contributed by atoms with Crippen LogP contribution in [0.15, 0.2) is 47.4 Å². The van der Waals surface area contributed by atoms with E-state index in [1.165, 1.54) is 24.3 Å². The molecule has 0 aliphatic carbocycles. The van der Waals surface area contributed by atoms with Crippen molar-refractivity contribution in [3.05, 3.63) is 58.1 Å². The fourth-order valence-corrected chi connectivity index (χ4v) is 4.31. The molecule has 0 atom stereocenters. The predicted molar refractivity (Wildman–Crippen MR) is 116 cm³/mol. The third-order valence-corrected chi connectivity index (χ3v) is 6.30. The number of sulfonamides is 1. The molecule has 3 rings (SSSR count). The first-order valence-corrected chi connectivity index (χ1v) is 11.2. The highest BCUT2D eigenvalue weighted by molar-refractivity contribution is 7.92. The van der Waals surface area contributed by atoms with Gasteiger partial charge in [-0.05, 0) is 38.1 Å². The number of nitro groups is 1. The quantitative estimate of drug-likeness (QED) is 0.532. The number of piperazine rings is 1. The van der Waals surface area contributed by atoms with E-state index in [1.54, 1.807) is 30.0 Å². The molecule has 1 N–H and O–H groups in total. The first-order valence-electron chi connectivity index (χ1n) is 9.76. The molecule has 0 radical (unpaired) electrons. The SMILES string of the molecule is CCOC(=O)N1CCN(c2ccc([N+](=O)[O-])c(NS(=O)(=O)c3ccc(C)cc3)c2)CC1. The van der Waals surface area contributed by atoms with Crippen LogP contribution in [0.4, 0.5) is 21.9 Å². The fourth-order valence-electron chi connectivity index (χ4n) is 3.24. The molecule has 2 aromatic rings. The van der Waals surface area contributed by atoms with Crippen molar-refractivity contribution in [2.45, 2.75) is 18.7 Å². The lowest BCUT2D eigenvalue weighted by atomic mass is 10.2. The molecule has 0 unspecified atom stereocenters. The van der Waals surface area contributed by atoms with E-state index in [9.17, 15) is 23.3 Å². The lowest BCUT2D eigenvalue weighted by Gasteiger charge is -2.35. The molecule has 31 heavy (non-hydrogen) atoms. The lowest BCUT2D eigenvalue weighted by Crippen LogP contribution is -2.49. The zero-order chi connectivity index (χ0) is 22.6. The summed E-state index contributed by atoms with van der Waals surface area (Å²) in [4.78, 5) is 26.2. The predicted octanol–water partition coefficient (Wildman–Crippen LogP) is 2.98. The summed E-state index contributed by atoms with van der Waals surface area (Å²) < 4.78 is 32.8. The minimum absolute atomic E-state index is 0.0147. The molecule has 0 bridgehead atoms. The van der Waals surface area contributed by atoms with E-state index in [0.717, 1.165) is 5.56 Å². The molecule has 1 saturated heterocycles. The molecular formula is C20H24N4O6S. The molecule has 1 amide bonds. The summed E-state index contributed by atoms with van der Waals surface area (Å²) in [5.74, 6) is 0. The Bertz CT molecular complexity index is 1060. The smallest absolute Gasteiger partial charge is 0.409 e. The van der Waals surface area contributed by atoms with Crippen molar-refractivity contribution in [2.24, 2.45) is 0 Å². The Kier molecular flexibility index (Phi) is 6.64. The Labute approximate surface area is 180 Å². The zero-order valence-corrected chi connectivity index (χ0v) is 18.1. The summed E-state index contributed by atoms with van der Waals surface area (Å²) in [5, 5.41) is 11.5. The summed E-state index contributed by atoms with van der Waals surface area (Å²) >= 11 is 0.